The Morgan fingerprint density at radius 3 is 2.48 bits per heavy atom. The second kappa shape index (κ2) is 8.55. The number of benzene rings is 1. The molecule has 0 saturated carbocycles. The molecule has 1 aromatic carbocycles. The molecule has 2 heterocycles. The minimum atomic E-state index is -3.46. The number of carbonyl (C=O) groups is 1. The number of methoxy groups -OCH3 is 1. The lowest BCUT2D eigenvalue weighted by molar-refractivity contribution is 0.00790. The molecule has 11 nitrogen and oxygen atoms in total. The summed E-state index contributed by atoms with van der Waals surface area (Å²) in [5.74, 6) is -0.0130. The first-order valence-corrected chi connectivity index (χ1v) is 10.5. The van der Waals surface area contributed by atoms with E-state index in [4.69, 9.17) is 9.26 Å². The summed E-state index contributed by atoms with van der Waals surface area (Å²) >= 11 is 0. The van der Waals surface area contributed by atoms with Crippen LogP contribution < -0.4 is 4.72 Å². The van der Waals surface area contributed by atoms with Gasteiger partial charge in [0.05, 0.1) is 31.5 Å². The van der Waals surface area contributed by atoms with Crippen molar-refractivity contribution < 1.29 is 37.4 Å². The summed E-state index contributed by atoms with van der Waals surface area (Å²) in [6.07, 6.45) is -3.23. The Hall–Kier alpha value is -2.38. The molecule has 2 aromatic rings. The summed E-state index contributed by atoms with van der Waals surface area (Å²) in [6, 6.07) is 6.41. The molecular weight excluding hydrogens is 406 g/mol. The van der Waals surface area contributed by atoms with Crippen molar-refractivity contribution in [3.8, 4) is 11.4 Å². The Labute approximate surface area is 166 Å². The molecular formula is C17H21N3O8S. The standard InChI is InChI=1S/C17H21N3O8S/c1-26-17(23)10-5-3-9(4-6-10)16-19-13(28-20-16)7-11-14(21)15(22)12(27-11)8-18-29(2,24)25/h3-6,11-12,14-15,18,21-22H,7-8H2,1-2H3. The Bertz CT molecular complexity index is 959. The van der Waals surface area contributed by atoms with Crippen LogP contribution >= 0.6 is 0 Å². The highest BCUT2D eigenvalue weighted by atomic mass is 32.2. The van der Waals surface area contributed by atoms with E-state index in [2.05, 4.69) is 19.6 Å². The predicted molar refractivity (Wildman–Crippen MR) is 98.3 cm³/mol. The van der Waals surface area contributed by atoms with Crippen LogP contribution in [0.4, 0.5) is 0 Å². The smallest absolute Gasteiger partial charge is 0.337 e. The zero-order valence-corrected chi connectivity index (χ0v) is 16.5. The molecule has 3 rings (SSSR count). The molecule has 0 amide bonds. The molecule has 12 heteroatoms. The topological polar surface area (TPSA) is 161 Å². The van der Waals surface area contributed by atoms with Crippen molar-refractivity contribution in [2.24, 2.45) is 0 Å². The fraction of sp³-hybridized carbons (Fsp3) is 0.471. The number of hydrogen-bond donors (Lipinski definition) is 3. The summed E-state index contributed by atoms with van der Waals surface area (Å²) in [7, 11) is -2.17. The number of nitrogens with zero attached hydrogens (tertiary/aromatic N) is 2. The van der Waals surface area contributed by atoms with Gasteiger partial charge in [0.1, 0.15) is 18.3 Å². The molecule has 0 bridgehead atoms. The monoisotopic (exact) mass is 427 g/mol. The Kier molecular flexibility index (Phi) is 6.29. The molecule has 1 aliphatic heterocycles. The number of hydrogen-bond acceptors (Lipinski definition) is 10. The van der Waals surface area contributed by atoms with E-state index in [9.17, 15) is 23.4 Å². The third-order valence-corrected chi connectivity index (χ3v) is 5.11. The SMILES string of the molecule is COC(=O)c1ccc(-c2noc(CC3OC(CNS(C)(=O)=O)C(O)C3O)n2)cc1. The molecule has 1 aliphatic rings. The Morgan fingerprint density at radius 1 is 1.21 bits per heavy atom. The van der Waals surface area contributed by atoms with Gasteiger partial charge in [-0.15, -0.1) is 0 Å². The Balaban J connectivity index is 1.64. The number of ether oxygens (including phenoxy) is 2. The average Bonchev–Trinajstić information content (AvgIpc) is 3.26. The highest BCUT2D eigenvalue weighted by Crippen LogP contribution is 2.25. The van der Waals surface area contributed by atoms with E-state index in [0.29, 0.717) is 11.1 Å². The van der Waals surface area contributed by atoms with E-state index < -0.39 is 40.4 Å². The van der Waals surface area contributed by atoms with E-state index in [1.807, 2.05) is 0 Å². The molecule has 4 atom stereocenters. The summed E-state index contributed by atoms with van der Waals surface area (Å²) in [5.41, 5.74) is 0.987. The van der Waals surface area contributed by atoms with Crippen LogP contribution in [-0.2, 0) is 25.9 Å². The first kappa shape index (κ1) is 21.3. The van der Waals surface area contributed by atoms with Crippen LogP contribution in [0.5, 0.6) is 0 Å². The number of aliphatic hydroxyl groups excluding tert-OH is 2. The lowest BCUT2D eigenvalue weighted by Gasteiger charge is -2.14. The minimum Gasteiger partial charge on any atom is -0.465 e. The van der Waals surface area contributed by atoms with Gasteiger partial charge in [-0.25, -0.2) is 17.9 Å². The van der Waals surface area contributed by atoms with Crippen LogP contribution in [0.3, 0.4) is 0 Å². The van der Waals surface area contributed by atoms with E-state index in [1.165, 1.54) is 7.11 Å². The van der Waals surface area contributed by atoms with Gasteiger partial charge >= 0.3 is 5.97 Å². The fourth-order valence-electron chi connectivity index (χ4n) is 2.90. The summed E-state index contributed by atoms with van der Waals surface area (Å²) in [4.78, 5) is 15.7. The van der Waals surface area contributed by atoms with Gasteiger partial charge in [0, 0.05) is 12.1 Å². The third kappa shape index (κ3) is 5.16. The van der Waals surface area contributed by atoms with Crippen molar-refractivity contribution in [3.05, 3.63) is 35.7 Å². The van der Waals surface area contributed by atoms with E-state index >= 15 is 0 Å². The first-order valence-electron chi connectivity index (χ1n) is 8.65. The zero-order chi connectivity index (χ0) is 21.2. The van der Waals surface area contributed by atoms with Gasteiger partial charge in [-0.2, -0.15) is 4.98 Å². The van der Waals surface area contributed by atoms with Crippen LogP contribution in [0.2, 0.25) is 0 Å². The molecule has 0 spiro atoms. The van der Waals surface area contributed by atoms with Crippen molar-refractivity contribution in [1.82, 2.24) is 14.9 Å². The summed E-state index contributed by atoms with van der Waals surface area (Å²) in [6.45, 7) is -0.171. The molecule has 1 fully saturated rings. The quantitative estimate of drug-likeness (QED) is 0.472. The number of aromatic nitrogens is 2. The van der Waals surface area contributed by atoms with Gasteiger partial charge in [0.2, 0.25) is 21.7 Å². The van der Waals surface area contributed by atoms with Crippen molar-refractivity contribution in [2.75, 3.05) is 19.9 Å². The molecule has 1 saturated heterocycles. The number of nitrogens with one attached hydrogen (secondary N) is 1. The summed E-state index contributed by atoms with van der Waals surface area (Å²) < 4.78 is 40.0. The van der Waals surface area contributed by atoms with Gasteiger partial charge in [0.15, 0.2) is 0 Å². The van der Waals surface area contributed by atoms with Crippen LogP contribution in [0.1, 0.15) is 16.2 Å². The van der Waals surface area contributed by atoms with E-state index in [1.54, 1.807) is 24.3 Å². The molecule has 0 radical (unpaired) electrons. The minimum absolute atomic E-state index is 0.0286. The lowest BCUT2D eigenvalue weighted by Crippen LogP contribution is -2.39. The average molecular weight is 427 g/mol. The normalized spacial score (nSPS) is 24.6. The van der Waals surface area contributed by atoms with Crippen LogP contribution in [0.15, 0.2) is 28.8 Å². The van der Waals surface area contributed by atoms with Gasteiger partial charge in [0.25, 0.3) is 0 Å². The zero-order valence-electron chi connectivity index (χ0n) is 15.7. The molecule has 3 N–H and O–H groups in total. The highest BCUT2D eigenvalue weighted by Gasteiger charge is 2.43. The van der Waals surface area contributed by atoms with Crippen molar-refractivity contribution >= 4 is 16.0 Å². The maximum absolute atomic E-state index is 11.5. The molecule has 4 unspecified atom stereocenters. The van der Waals surface area contributed by atoms with Gasteiger partial charge in [-0.05, 0) is 12.1 Å². The number of carbonyl (C=O) groups excluding carboxylic acids is 1. The van der Waals surface area contributed by atoms with Gasteiger partial charge < -0.3 is 24.2 Å². The number of aliphatic hydroxyl groups is 2. The van der Waals surface area contributed by atoms with Crippen molar-refractivity contribution in [2.45, 2.75) is 30.8 Å². The number of sulfonamides is 1. The molecule has 158 valence electrons. The lowest BCUT2D eigenvalue weighted by atomic mass is 10.1. The molecule has 1 aromatic heterocycles. The number of esters is 1. The van der Waals surface area contributed by atoms with E-state index in [0.717, 1.165) is 6.26 Å². The Morgan fingerprint density at radius 2 is 1.86 bits per heavy atom. The van der Waals surface area contributed by atoms with Gasteiger partial charge in [-0.3, -0.25) is 0 Å². The van der Waals surface area contributed by atoms with Crippen LogP contribution in [-0.4, -0.2) is 79.1 Å². The van der Waals surface area contributed by atoms with Crippen LogP contribution in [0.25, 0.3) is 11.4 Å². The van der Waals surface area contributed by atoms with Crippen LogP contribution in [0, 0.1) is 0 Å². The van der Waals surface area contributed by atoms with Gasteiger partial charge in [-0.1, -0.05) is 17.3 Å². The maximum atomic E-state index is 11.5. The predicted octanol–water partition coefficient (Wildman–Crippen LogP) is -0.896. The summed E-state index contributed by atoms with van der Waals surface area (Å²) in [5, 5.41) is 24.1. The molecule has 0 aliphatic carbocycles. The first-order chi connectivity index (χ1) is 13.7. The second-order valence-electron chi connectivity index (χ2n) is 6.60. The second-order valence-corrected chi connectivity index (χ2v) is 8.43. The maximum Gasteiger partial charge on any atom is 0.337 e. The van der Waals surface area contributed by atoms with E-state index in [-0.39, 0.29) is 24.7 Å². The third-order valence-electron chi connectivity index (χ3n) is 4.42. The van der Waals surface area contributed by atoms with Crippen molar-refractivity contribution in [3.63, 3.8) is 0 Å². The molecule has 29 heavy (non-hydrogen) atoms. The van der Waals surface area contributed by atoms with Crippen molar-refractivity contribution in [1.29, 1.82) is 0 Å². The number of rotatable bonds is 7. The highest BCUT2D eigenvalue weighted by molar-refractivity contribution is 7.88. The fourth-order valence-corrected chi connectivity index (χ4v) is 3.36. The largest absolute Gasteiger partial charge is 0.465 e.